The van der Waals surface area contributed by atoms with Crippen molar-refractivity contribution in [3.8, 4) is 5.75 Å². The molecule has 0 saturated carbocycles. The molecule has 2 aromatic rings. The number of halogens is 3. The summed E-state index contributed by atoms with van der Waals surface area (Å²) in [5, 5.41) is 0.553. The monoisotopic (exact) mass is 394 g/mol. The summed E-state index contributed by atoms with van der Waals surface area (Å²) < 4.78 is 32.5. The molecule has 0 aliphatic carbocycles. The van der Waals surface area contributed by atoms with E-state index in [4.69, 9.17) is 16.3 Å². The molecule has 1 aliphatic heterocycles. The molecule has 1 atom stereocenters. The molecule has 2 aromatic carbocycles. The Labute approximate surface area is 160 Å². The van der Waals surface area contributed by atoms with Crippen LogP contribution in [0.1, 0.15) is 6.92 Å². The number of amides is 2. The van der Waals surface area contributed by atoms with Crippen molar-refractivity contribution in [2.75, 3.05) is 24.6 Å². The molecule has 0 spiro atoms. The van der Waals surface area contributed by atoms with Crippen LogP contribution in [0.4, 0.5) is 14.5 Å². The van der Waals surface area contributed by atoms with Gasteiger partial charge in [-0.05, 0) is 43.3 Å². The molecule has 8 heteroatoms. The third-order valence-corrected chi connectivity index (χ3v) is 4.60. The Bertz CT molecular complexity index is 861. The molecule has 0 N–H and O–H groups in total. The average molecular weight is 395 g/mol. The molecule has 2 amide bonds. The first kappa shape index (κ1) is 19.1. The normalized spacial score (nSPS) is 17.2. The first-order chi connectivity index (χ1) is 12.9. The van der Waals surface area contributed by atoms with Gasteiger partial charge in [0.2, 0.25) is 5.91 Å². The summed E-state index contributed by atoms with van der Waals surface area (Å²) in [4.78, 5) is 27.6. The number of hydrogen-bond acceptors (Lipinski definition) is 3. The van der Waals surface area contributed by atoms with E-state index in [1.807, 2.05) is 0 Å². The zero-order valence-electron chi connectivity index (χ0n) is 14.5. The molecule has 0 radical (unpaired) electrons. The summed E-state index contributed by atoms with van der Waals surface area (Å²) in [5.74, 6) is -1.85. The minimum Gasteiger partial charge on any atom is -0.484 e. The van der Waals surface area contributed by atoms with Crippen LogP contribution in [-0.4, -0.2) is 42.5 Å². The standard InChI is InChI=1S/C19H17ClF2N2O3/c1-12-19(26)24(17-7-4-14(21)10-16(17)22)9-8-23(12)18(25)11-27-15-5-2-13(20)3-6-15/h2-7,10,12H,8-9,11H2,1H3. The summed E-state index contributed by atoms with van der Waals surface area (Å²) in [7, 11) is 0. The maximum absolute atomic E-state index is 14.0. The molecule has 0 bridgehead atoms. The van der Waals surface area contributed by atoms with Gasteiger partial charge in [0.15, 0.2) is 6.61 Å². The van der Waals surface area contributed by atoms with Crippen LogP contribution >= 0.6 is 11.6 Å². The van der Waals surface area contributed by atoms with Gasteiger partial charge in [-0.2, -0.15) is 0 Å². The lowest BCUT2D eigenvalue weighted by atomic mass is 10.1. The molecule has 1 saturated heterocycles. The van der Waals surface area contributed by atoms with Gasteiger partial charge in [0.05, 0.1) is 5.69 Å². The van der Waals surface area contributed by atoms with Gasteiger partial charge in [-0.1, -0.05) is 11.6 Å². The Hall–Kier alpha value is -2.67. The molecule has 27 heavy (non-hydrogen) atoms. The van der Waals surface area contributed by atoms with Crippen LogP contribution in [0.5, 0.6) is 5.75 Å². The van der Waals surface area contributed by atoms with Crippen molar-refractivity contribution in [1.82, 2.24) is 4.90 Å². The van der Waals surface area contributed by atoms with E-state index in [0.29, 0.717) is 10.8 Å². The average Bonchev–Trinajstić information content (AvgIpc) is 2.64. The second-order valence-corrected chi connectivity index (χ2v) is 6.53. The van der Waals surface area contributed by atoms with E-state index in [0.717, 1.165) is 12.1 Å². The SMILES string of the molecule is CC1C(=O)N(c2ccc(F)cc2F)CCN1C(=O)COc1ccc(Cl)cc1. The molecule has 3 rings (SSSR count). The van der Waals surface area contributed by atoms with Crippen molar-refractivity contribution in [2.24, 2.45) is 0 Å². The van der Waals surface area contributed by atoms with Crippen molar-refractivity contribution in [3.63, 3.8) is 0 Å². The molecule has 0 aromatic heterocycles. The first-order valence-electron chi connectivity index (χ1n) is 8.31. The number of ether oxygens (including phenoxy) is 1. The fourth-order valence-corrected chi connectivity index (χ4v) is 3.04. The molecule has 5 nitrogen and oxygen atoms in total. The van der Waals surface area contributed by atoms with Gasteiger partial charge in [0.1, 0.15) is 23.4 Å². The lowest BCUT2D eigenvalue weighted by Crippen LogP contribution is -2.58. The van der Waals surface area contributed by atoms with E-state index in [1.165, 1.54) is 15.9 Å². The quantitative estimate of drug-likeness (QED) is 0.799. The van der Waals surface area contributed by atoms with E-state index in [-0.39, 0.29) is 31.3 Å². The first-order valence-corrected chi connectivity index (χ1v) is 8.69. The summed E-state index contributed by atoms with van der Waals surface area (Å²) in [6.07, 6.45) is 0. The zero-order valence-corrected chi connectivity index (χ0v) is 15.2. The Morgan fingerprint density at radius 3 is 2.56 bits per heavy atom. The maximum Gasteiger partial charge on any atom is 0.261 e. The molecule has 142 valence electrons. The Morgan fingerprint density at radius 1 is 1.19 bits per heavy atom. The van der Waals surface area contributed by atoms with Crippen LogP contribution in [-0.2, 0) is 9.59 Å². The minimum atomic E-state index is -0.818. The van der Waals surface area contributed by atoms with Gasteiger partial charge in [0.25, 0.3) is 5.91 Å². The van der Waals surface area contributed by atoms with Gasteiger partial charge in [0, 0.05) is 24.2 Å². The van der Waals surface area contributed by atoms with E-state index >= 15 is 0 Å². The Balaban J connectivity index is 1.65. The number of carbonyl (C=O) groups is 2. The van der Waals surface area contributed by atoms with Crippen LogP contribution in [0, 0.1) is 11.6 Å². The van der Waals surface area contributed by atoms with E-state index < -0.39 is 23.6 Å². The number of hydrogen-bond donors (Lipinski definition) is 0. The number of piperazine rings is 1. The maximum atomic E-state index is 14.0. The fraction of sp³-hybridized carbons (Fsp3) is 0.263. The molecular weight excluding hydrogens is 378 g/mol. The molecule has 1 aliphatic rings. The molecule has 1 fully saturated rings. The Kier molecular flexibility index (Phi) is 5.60. The van der Waals surface area contributed by atoms with Gasteiger partial charge >= 0.3 is 0 Å². The van der Waals surface area contributed by atoms with Crippen molar-refractivity contribution >= 4 is 29.1 Å². The van der Waals surface area contributed by atoms with Crippen LogP contribution in [0.2, 0.25) is 5.02 Å². The van der Waals surface area contributed by atoms with Crippen molar-refractivity contribution in [1.29, 1.82) is 0 Å². The van der Waals surface area contributed by atoms with E-state index in [2.05, 4.69) is 0 Å². The van der Waals surface area contributed by atoms with Gasteiger partial charge in [-0.3, -0.25) is 9.59 Å². The van der Waals surface area contributed by atoms with E-state index in [1.54, 1.807) is 31.2 Å². The summed E-state index contributed by atoms with van der Waals surface area (Å²) in [6.45, 7) is 1.66. The summed E-state index contributed by atoms with van der Waals surface area (Å²) >= 11 is 5.79. The number of benzene rings is 2. The molecule has 1 unspecified atom stereocenters. The smallest absolute Gasteiger partial charge is 0.261 e. The predicted octanol–water partition coefficient (Wildman–Crippen LogP) is 3.26. The van der Waals surface area contributed by atoms with E-state index in [9.17, 15) is 18.4 Å². The second-order valence-electron chi connectivity index (χ2n) is 6.09. The minimum absolute atomic E-state index is 0.00207. The topological polar surface area (TPSA) is 49.9 Å². The van der Waals surface area contributed by atoms with Crippen LogP contribution in [0.25, 0.3) is 0 Å². The lowest BCUT2D eigenvalue weighted by Gasteiger charge is -2.39. The molecular formula is C19H17ClF2N2O3. The highest BCUT2D eigenvalue weighted by Crippen LogP contribution is 2.24. The number of nitrogens with zero attached hydrogens (tertiary/aromatic N) is 2. The zero-order chi connectivity index (χ0) is 19.6. The highest BCUT2D eigenvalue weighted by atomic mass is 35.5. The van der Waals surface area contributed by atoms with Gasteiger partial charge in [-0.25, -0.2) is 8.78 Å². The largest absolute Gasteiger partial charge is 0.484 e. The van der Waals surface area contributed by atoms with Gasteiger partial charge in [-0.15, -0.1) is 0 Å². The molecule has 1 heterocycles. The summed E-state index contributed by atoms with van der Waals surface area (Å²) in [6, 6.07) is 8.81. The summed E-state index contributed by atoms with van der Waals surface area (Å²) in [5.41, 5.74) is -0.00207. The van der Waals surface area contributed by atoms with Crippen LogP contribution in [0.15, 0.2) is 42.5 Å². The number of rotatable bonds is 4. The van der Waals surface area contributed by atoms with Crippen molar-refractivity contribution in [2.45, 2.75) is 13.0 Å². The van der Waals surface area contributed by atoms with Crippen LogP contribution < -0.4 is 9.64 Å². The second kappa shape index (κ2) is 7.92. The van der Waals surface area contributed by atoms with Crippen molar-refractivity contribution in [3.05, 3.63) is 59.1 Å². The number of anilines is 1. The highest BCUT2D eigenvalue weighted by Gasteiger charge is 2.36. The highest BCUT2D eigenvalue weighted by molar-refractivity contribution is 6.30. The van der Waals surface area contributed by atoms with Crippen molar-refractivity contribution < 1.29 is 23.1 Å². The van der Waals surface area contributed by atoms with Gasteiger partial charge < -0.3 is 14.5 Å². The van der Waals surface area contributed by atoms with Crippen LogP contribution in [0.3, 0.4) is 0 Å². The third kappa shape index (κ3) is 4.19. The fourth-order valence-electron chi connectivity index (χ4n) is 2.91. The number of carbonyl (C=O) groups excluding carboxylic acids is 2. The lowest BCUT2D eigenvalue weighted by molar-refractivity contribution is -0.142. The third-order valence-electron chi connectivity index (χ3n) is 4.35. The predicted molar refractivity (Wildman–Crippen MR) is 96.8 cm³/mol. The Morgan fingerprint density at radius 2 is 1.89 bits per heavy atom.